The third-order valence-electron chi connectivity index (χ3n) is 3.34. The number of nitrogens with zero attached hydrogens (tertiary/aromatic N) is 5. The van der Waals surface area contributed by atoms with Crippen LogP contribution in [0.2, 0.25) is 0 Å². The molecule has 2 N–H and O–H groups in total. The van der Waals surface area contributed by atoms with E-state index in [4.69, 9.17) is 0 Å². The molecular weight excluding hydrogens is 429 g/mol. The minimum Gasteiger partial charge on any atom is -0.355 e. The lowest BCUT2D eigenvalue weighted by molar-refractivity contribution is 0.633. The first-order valence-corrected chi connectivity index (χ1v) is 8.12. The molecule has 8 heteroatoms. The van der Waals surface area contributed by atoms with Gasteiger partial charge in [-0.2, -0.15) is 0 Å². The molecule has 0 radical (unpaired) electrons. The number of rotatable bonds is 8. The van der Waals surface area contributed by atoms with E-state index in [1.54, 1.807) is 12.5 Å². The van der Waals surface area contributed by atoms with Gasteiger partial charge in [0.05, 0.1) is 12.2 Å². The zero-order valence-electron chi connectivity index (χ0n) is 14.8. The third-order valence-corrected chi connectivity index (χ3v) is 3.34. The van der Waals surface area contributed by atoms with E-state index in [-0.39, 0.29) is 24.0 Å². The van der Waals surface area contributed by atoms with Crippen molar-refractivity contribution in [2.24, 2.45) is 4.99 Å². The minimum absolute atomic E-state index is 0. The summed E-state index contributed by atoms with van der Waals surface area (Å²) in [5.41, 5.74) is 1.98. The number of nitrogens with one attached hydrogen (secondary N) is 2. The number of aryl methyl sites for hydroxylation is 1. The Kier molecular flexibility index (Phi) is 9.75. The van der Waals surface area contributed by atoms with Gasteiger partial charge in [0.15, 0.2) is 5.96 Å². The van der Waals surface area contributed by atoms with Crippen molar-refractivity contribution in [3.05, 3.63) is 54.4 Å². The van der Waals surface area contributed by atoms with Gasteiger partial charge in [-0.15, -0.1) is 34.2 Å². The van der Waals surface area contributed by atoms with Crippen LogP contribution in [0.5, 0.6) is 0 Å². The van der Waals surface area contributed by atoms with Crippen LogP contribution in [0.25, 0.3) is 0 Å². The van der Waals surface area contributed by atoms with Crippen LogP contribution >= 0.6 is 24.0 Å². The molecule has 0 atom stereocenters. The topological polar surface area (TPSA) is 80.0 Å². The van der Waals surface area contributed by atoms with Crippen LogP contribution in [0, 0.1) is 0 Å². The highest BCUT2D eigenvalue weighted by Gasteiger charge is 2.03. The van der Waals surface area contributed by atoms with Gasteiger partial charge in [0.1, 0.15) is 12.2 Å². The van der Waals surface area contributed by atoms with Crippen LogP contribution in [0.4, 0.5) is 0 Å². The summed E-state index contributed by atoms with van der Waals surface area (Å²) in [4.78, 5) is 8.87. The molecule has 0 unspecified atom stereocenters. The van der Waals surface area contributed by atoms with Crippen molar-refractivity contribution in [2.75, 3.05) is 13.1 Å². The molecule has 2 heterocycles. The van der Waals surface area contributed by atoms with Gasteiger partial charge in [0, 0.05) is 32.3 Å². The third kappa shape index (κ3) is 7.63. The maximum Gasteiger partial charge on any atom is 0.191 e. The summed E-state index contributed by atoms with van der Waals surface area (Å²) in [6.45, 7) is 10.7. The second-order valence-electron chi connectivity index (χ2n) is 5.52. The zero-order valence-corrected chi connectivity index (χ0v) is 17.1. The van der Waals surface area contributed by atoms with Crippen molar-refractivity contribution in [1.29, 1.82) is 0 Å². The van der Waals surface area contributed by atoms with E-state index in [1.165, 1.54) is 0 Å². The number of pyridine rings is 1. The summed E-state index contributed by atoms with van der Waals surface area (Å²) in [6, 6.07) is 5.82. The number of aromatic nitrogens is 4. The average molecular weight is 455 g/mol. The minimum atomic E-state index is 0. The molecular formula is C17H26IN7. The molecule has 0 aliphatic rings. The molecule has 25 heavy (non-hydrogen) atoms. The van der Waals surface area contributed by atoms with Gasteiger partial charge < -0.3 is 15.2 Å². The Morgan fingerprint density at radius 1 is 1.32 bits per heavy atom. The van der Waals surface area contributed by atoms with Gasteiger partial charge >= 0.3 is 0 Å². The van der Waals surface area contributed by atoms with Crippen molar-refractivity contribution < 1.29 is 0 Å². The second-order valence-corrected chi connectivity index (χ2v) is 5.52. The quantitative estimate of drug-likeness (QED) is 0.276. The van der Waals surface area contributed by atoms with Gasteiger partial charge in [-0.3, -0.25) is 4.98 Å². The fraction of sp³-hybridized carbons (Fsp3) is 0.412. The Morgan fingerprint density at radius 3 is 2.84 bits per heavy atom. The van der Waals surface area contributed by atoms with E-state index in [0.717, 1.165) is 42.6 Å². The Bertz CT molecular complexity index is 667. The number of hydrogen-bond donors (Lipinski definition) is 2. The van der Waals surface area contributed by atoms with Gasteiger partial charge in [-0.1, -0.05) is 25.1 Å². The molecule has 0 bridgehead atoms. The van der Waals surface area contributed by atoms with Gasteiger partial charge in [-0.05, 0) is 19.1 Å². The summed E-state index contributed by atoms with van der Waals surface area (Å²) < 4.78 is 2.04. The molecule has 2 aromatic rings. The summed E-state index contributed by atoms with van der Waals surface area (Å²) in [6.07, 6.45) is 4.40. The number of guanidine groups is 1. The Labute approximate surface area is 166 Å². The van der Waals surface area contributed by atoms with Crippen LogP contribution in [0.15, 0.2) is 47.9 Å². The van der Waals surface area contributed by atoms with Gasteiger partial charge in [-0.25, -0.2) is 4.99 Å². The lowest BCUT2D eigenvalue weighted by Crippen LogP contribution is -2.39. The van der Waals surface area contributed by atoms with Crippen LogP contribution in [-0.2, 0) is 19.5 Å². The molecule has 0 aliphatic heterocycles. The van der Waals surface area contributed by atoms with Crippen LogP contribution in [-0.4, -0.2) is 38.8 Å². The van der Waals surface area contributed by atoms with Crippen molar-refractivity contribution in [3.8, 4) is 0 Å². The Morgan fingerprint density at radius 2 is 2.16 bits per heavy atom. The van der Waals surface area contributed by atoms with E-state index >= 15 is 0 Å². The van der Waals surface area contributed by atoms with Crippen molar-refractivity contribution in [2.45, 2.75) is 33.4 Å². The highest BCUT2D eigenvalue weighted by Crippen LogP contribution is 1.97. The molecule has 0 saturated heterocycles. The lowest BCUT2D eigenvalue weighted by atomic mass is 10.3. The standard InChI is InChI=1S/C17H25N7.HI/c1-4-16-23-22-13-24(16)10-9-19-17(20-11-14(2)3)21-12-15-7-5-6-8-18-15;/h5-8,13H,2,4,9-12H2,1,3H3,(H2,19,20,21);1H. The monoisotopic (exact) mass is 455 g/mol. The molecule has 0 fully saturated rings. The molecule has 0 aromatic carbocycles. The number of halogens is 1. The zero-order chi connectivity index (χ0) is 17.2. The molecule has 136 valence electrons. The molecule has 0 aliphatic carbocycles. The van der Waals surface area contributed by atoms with Crippen LogP contribution < -0.4 is 10.6 Å². The maximum absolute atomic E-state index is 4.58. The van der Waals surface area contributed by atoms with E-state index in [1.807, 2.05) is 29.7 Å². The number of aliphatic imine (C=N–C) groups is 1. The van der Waals surface area contributed by atoms with E-state index in [9.17, 15) is 0 Å². The van der Waals surface area contributed by atoms with Crippen LogP contribution in [0.1, 0.15) is 25.4 Å². The summed E-state index contributed by atoms with van der Waals surface area (Å²) in [7, 11) is 0. The molecule has 7 nitrogen and oxygen atoms in total. The highest BCUT2D eigenvalue weighted by atomic mass is 127. The first-order valence-electron chi connectivity index (χ1n) is 8.12. The first-order chi connectivity index (χ1) is 11.7. The maximum atomic E-state index is 4.58. The Hall–Kier alpha value is -1.97. The normalized spacial score (nSPS) is 10.9. The summed E-state index contributed by atoms with van der Waals surface area (Å²) >= 11 is 0. The molecule has 2 rings (SSSR count). The fourth-order valence-electron chi connectivity index (χ4n) is 2.09. The van der Waals surface area contributed by atoms with E-state index in [2.05, 4.69) is 44.3 Å². The molecule has 0 amide bonds. The van der Waals surface area contributed by atoms with Crippen molar-refractivity contribution >= 4 is 29.9 Å². The van der Waals surface area contributed by atoms with Gasteiger partial charge in [0.2, 0.25) is 0 Å². The van der Waals surface area contributed by atoms with Crippen molar-refractivity contribution in [3.63, 3.8) is 0 Å². The Balaban J connectivity index is 0.00000312. The van der Waals surface area contributed by atoms with E-state index in [0.29, 0.717) is 13.1 Å². The smallest absolute Gasteiger partial charge is 0.191 e. The van der Waals surface area contributed by atoms with Gasteiger partial charge in [0.25, 0.3) is 0 Å². The molecule has 0 saturated carbocycles. The van der Waals surface area contributed by atoms with E-state index < -0.39 is 0 Å². The SMILES string of the molecule is C=C(C)CNC(=NCc1ccccn1)NCCn1cnnc1CC.I. The predicted octanol–water partition coefficient (Wildman–Crippen LogP) is 2.17. The van der Waals surface area contributed by atoms with Crippen molar-refractivity contribution in [1.82, 2.24) is 30.4 Å². The lowest BCUT2D eigenvalue weighted by Gasteiger charge is -2.13. The summed E-state index contributed by atoms with van der Waals surface area (Å²) in [5.74, 6) is 1.73. The second kappa shape index (κ2) is 11.6. The molecule has 2 aromatic heterocycles. The largest absolute Gasteiger partial charge is 0.355 e. The number of hydrogen-bond acceptors (Lipinski definition) is 4. The molecule has 0 spiro atoms. The average Bonchev–Trinajstić information content (AvgIpc) is 3.05. The first kappa shape index (κ1) is 21.1. The predicted molar refractivity (Wildman–Crippen MR) is 111 cm³/mol. The highest BCUT2D eigenvalue weighted by molar-refractivity contribution is 14.0. The fourth-order valence-corrected chi connectivity index (χ4v) is 2.09. The summed E-state index contributed by atoms with van der Waals surface area (Å²) in [5, 5.41) is 14.6. The van der Waals surface area contributed by atoms with Crippen LogP contribution in [0.3, 0.4) is 0 Å².